The molecule has 1 aliphatic rings. The summed E-state index contributed by atoms with van der Waals surface area (Å²) in [6.45, 7) is 14.9. The van der Waals surface area contributed by atoms with Crippen LogP contribution in [0.5, 0.6) is 0 Å². The van der Waals surface area contributed by atoms with Crippen molar-refractivity contribution in [2.24, 2.45) is 5.92 Å². The number of carbonyl (C=O) groups is 4. The summed E-state index contributed by atoms with van der Waals surface area (Å²) < 4.78 is 37.5. The lowest BCUT2D eigenvalue weighted by molar-refractivity contribution is -0.207. The van der Waals surface area contributed by atoms with Gasteiger partial charge in [0, 0.05) is 18.3 Å². The highest BCUT2D eigenvalue weighted by molar-refractivity contribution is 7.99. The maximum absolute atomic E-state index is 13.9. The number of ether oxygens (including phenoxy) is 5. The van der Waals surface area contributed by atoms with Gasteiger partial charge in [0.05, 0.1) is 22.3 Å². The lowest BCUT2D eigenvalue weighted by atomic mass is 9.98. The van der Waals surface area contributed by atoms with Crippen molar-refractivity contribution in [2.45, 2.75) is 68.8 Å². The summed E-state index contributed by atoms with van der Waals surface area (Å²) in [6.07, 6.45) is -3.50. The molecule has 0 radical (unpaired) electrons. The van der Waals surface area contributed by atoms with Gasteiger partial charge >= 0.3 is 23.9 Å². The molecule has 10 nitrogen and oxygen atoms in total. The van der Waals surface area contributed by atoms with Gasteiger partial charge in [-0.3, -0.25) is 0 Å². The van der Waals surface area contributed by atoms with Crippen molar-refractivity contribution in [3.63, 3.8) is 0 Å². The molecule has 0 spiro atoms. The second kappa shape index (κ2) is 19.9. The van der Waals surface area contributed by atoms with Gasteiger partial charge < -0.3 is 28.1 Å². The van der Waals surface area contributed by atoms with Crippen molar-refractivity contribution in [2.75, 3.05) is 19.0 Å². The van der Waals surface area contributed by atoms with Crippen molar-refractivity contribution in [3.8, 4) is 0 Å². The fraction of sp³-hybridized carbons (Fsp3) is 0.333. The Hall–Kier alpha value is -5.01. The zero-order valence-corrected chi connectivity index (χ0v) is 34.7. The van der Waals surface area contributed by atoms with Crippen LogP contribution in [0, 0.1) is 5.92 Å². The maximum atomic E-state index is 13.9. The molecule has 12 heteroatoms. The fourth-order valence-electron chi connectivity index (χ4n) is 5.60. The number of carbonyl (C=O) groups excluding carboxylic acids is 4. The van der Waals surface area contributed by atoms with Gasteiger partial charge in [0.2, 0.25) is 0 Å². The predicted octanol–water partition coefficient (Wildman–Crippen LogP) is 8.80. The third-order valence-corrected chi connectivity index (χ3v) is 15.8. The van der Waals surface area contributed by atoms with Crippen molar-refractivity contribution < 1.29 is 47.3 Å². The van der Waals surface area contributed by atoms with E-state index in [2.05, 4.69) is 40.4 Å². The molecule has 0 saturated carbocycles. The Balaban J connectivity index is 1.54. The zero-order chi connectivity index (χ0) is 41.0. The monoisotopic (exact) mass is 810 g/mol. The van der Waals surface area contributed by atoms with E-state index < -0.39 is 68.7 Å². The van der Waals surface area contributed by atoms with Crippen LogP contribution in [0.25, 0.3) is 0 Å². The van der Waals surface area contributed by atoms with Crippen molar-refractivity contribution >= 4 is 44.0 Å². The normalized spacial score (nSPS) is 20.1. The molecule has 57 heavy (non-hydrogen) atoms. The molecule has 0 bridgehead atoms. The zero-order valence-electron chi connectivity index (χ0n) is 32.9. The predicted molar refractivity (Wildman–Crippen MR) is 222 cm³/mol. The van der Waals surface area contributed by atoms with E-state index in [-0.39, 0.29) is 27.6 Å². The smallest absolute Gasteiger partial charge is 0.338 e. The molecule has 1 fully saturated rings. The topological polar surface area (TPSA) is 124 Å². The van der Waals surface area contributed by atoms with Gasteiger partial charge in [0.1, 0.15) is 18.1 Å². The van der Waals surface area contributed by atoms with Crippen LogP contribution in [0.2, 0.25) is 18.1 Å². The minimum atomic E-state index is -2.11. The first-order valence-corrected chi connectivity index (χ1v) is 22.8. The van der Waals surface area contributed by atoms with Gasteiger partial charge in [-0.2, -0.15) is 0 Å². The van der Waals surface area contributed by atoms with Crippen LogP contribution in [-0.4, -0.2) is 81.0 Å². The third-order valence-electron chi connectivity index (χ3n) is 10.0. The third kappa shape index (κ3) is 11.8. The summed E-state index contributed by atoms with van der Waals surface area (Å²) in [5.41, 5.74) is -0.0209. The van der Waals surface area contributed by atoms with Crippen LogP contribution in [0.4, 0.5) is 0 Å². The van der Waals surface area contributed by atoms with Crippen LogP contribution in [0.3, 0.4) is 0 Å². The molecule has 300 valence electrons. The molecular formula is C45H50O10SSi. The minimum absolute atomic E-state index is 0.0124. The van der Waals surface area contributed by atoms with Crippen LogP contribution in [0.1, 0.15) is 62.2 Å². The van der Waals surface area contributed by atoms with Crippen LogP contribution in [0.15, 0.2) is 134 Å². The van der Waals surface area contributed by atoms with Gasteiger partial charge in [0.15, 0.2) is 26.6 Å². The number of rotatable bonds is 16. The summed E-state index contributed by atoms with van der Waals surface area (Å²) in [5, 5.41) is -0.0124. The molecule has 0 amide bonds. The average molecular weight is 811 g/mol. The van der Waals surface area contributed by atoms with Gasteiger partial charge in [0.25, 0.3) is 0 Å². The molecule has 0 aromatic heterocycles. The SMILES string of the molecule is C=CC(CO[Si](C)(C)C(C)(C)C)CS[C@H]1O[C@H](COC(=O)c2ccccc2)[C@H](OC(=O)c2ccccc2)[C@H](OC(=O)c2ccccc2)[C@H]1OC(=O)c1ccccc1. The van der Waals surface area contributed by atoms with E-state index >= 15 is 0 Å². The molecule has 1 aliphatic heterocycles. The quantitative estimate of drug-likeness (QED) is 0.0467. The Bertz CT molecular complexity index is 1940. The minimum Gasteiger partial charge on any atom is -0.459 e. The Labute approximate surface area is 340 Å². The molecule has 0 N–H and O–H groups in total. The molecule has 1 saturated heterocycles. The first kappa shape index (κ1) is 43.1. The number of thioether (sulfide) groups is 1. The summed E-state index contributed by atoms with van der Waals surface area (Å²) in [5.74, 6) is -2.59. The summed E-state index contributed by atoms with van der Waals surface area (Å²) >= 11 is 1.30. The van der Waals surface area contributed by atoms with E-state index in [1.807, 2.05) is 6.08 Å². The van der Waals surface area contributed by atoms with Gasteiger partial charge in [-0.05, 0) is 66.7 Å². The summed E-state index contributed by atoms with van der Waals surface area (Å²) in [4.78, 5) is 54.7. The highest BCUT2D eigenvalue weighted by atomic mass is 32.2. The molecule has 4 aromatic rings. The van der Waals surface area contributed by atoms with Crippen LogP contribution in [-0.2, 0) is 28.1 Å². The van der Waals surface area contributed by atoms with E-state index in [0.717, 1.165) is 0 Å². The van der Waals surface area contributed by atoms with Gasteiger partial charge in [-0.25, -0.2) is 19.2 Å². The molecule has 1 unspecified atom stereocenters. The Morgan fingerprint density at radius 1 is 0.667 bits per heavy atom. The highest BCUT2D eigenvalue weighted by Gasteiger charge is 2.53. The fourth-order valence-corrected chi connectivity index (χ4v) is 7.95. The average Bonchev–Trinajstić information content (AvgIpc) is 3.22. The first-order chi connectivity index (χ1) is 27.3. The summed E-state index contributed by atoms with van der Waals surface area (Å²) in [7, 11) is -2.11. The van der Waals surface area contributed by atoms with Crippen molar-refractivity contribution in [1.82, 2.24) is 0 Å². The Kier molecular flexibility index (Phi) is 15.1. The maximum Gasteiger partial charge on any atom is 0.338 e. The second-order valence-electron chi connectivity index (χ2n) is 15.1. The molecule has 4 aromatic carbocycles. The largest absolute Gasteiger partial charge is 0.459 e. The van der Waals surface area contributed by atoms with Gasteiger partial charge in [-0.15, -0.1) is 18.3 Å². The summed E-state index contributed by atoms with van der Waals surface area (Å²) in [6, 6.07) is 33.4. The molecule has 6 atom stereocenters. The molecule has 5 rings (SSSR count). The Morgan fingerprint density at radius 3 is 1.49 bits per heavy atom. The number of hydrogen-bond acceptors (Lipinski definition) is 11. The standard InChI is InChI=1S/C45H50O10SSi/c1-7-31(28-51-57(5,6)45(2,3)4)30-56-44-39(55-43(49)35-26-18-11-19-27-35)38(54-42(48)34-24-16-10-17-25-34)37(53-41(47)33-22-14-9-15-23-33)36(52-44)29-50-40(46)32-20-12-8-13-21-32/h7-27,31,36-39,44H,1,28-30H2,2-6H3/t31?,36-,37+,38+,39-,44-/m1/s1. The number of hydrogen-bond donors (Lipinski definition) is 0. The van der Waals surface area contributed by atoms with E-state index in [1.165, 1.54) is 11.8 Å². The van der Waals surface area contributed by atoms with E-state index in [1.54, 1.807) is 121 Å². The van der Waals surface area contributed by atoms with E-state index in [4.69, 9.17) is 28.1 Å². The lowest BCUT2D eigenvalue weighted by Gasteiger charge is -2.44. The second-order valence-corrected chi connectivity index (χ2v) is 21.1. The number of benzene rings is 4. The molecule has 1 heterocycles. The number of esters is 4. The van der Waals surface area contributed by atoms with Crippen LogP contribution >= 0.6 is 11.8 Å². The van der Waals surface area contributed by atoms with E-state index in [9.17, 15) is 19.2 Å². The molecule has 0 aliphatic carbocycles. The Morgan fingerprint density at radius 2 is 1.07 bits per heavy atom. The van der Waals surface area contributed by atoms with Crippen molar-refractivity contribution in [1.29, 1.82) is 0 Å². The van der Waals surface area contributed by atoms with Crippen molar-refractivity contribution in [3.05, 3.63) is 156 Å². The lowest BCUT2D eigenvalue weighted by Crippen LogP contribution is -2.62. The van der Waals surface area contributed by atoms with Gasteiger partial charge in [-0.1, -0.05) is 99.6 Å². The highest BCUT2D eigenvalue weighted by Crippen LogP contribution is 2.39. The van der Waals surface area contributed by atoms with Crippen LogP contribution < -0.4 is 0 Å². The first-order valence-electron chi connectivity index (χ1n) is 18.8. The molecular weight excluding hydrogens is 761 g/mol. The van der Waals surface area contributed by atoms with E-state index in [0.29, 0.717) is 17.9 Å².